The van der Waals surface area contributed by atoms with Crippen LogP contribution in [0.4, 0.5) is 0 Å². The second-order valence-electron chi connectivity index (χ2n) is 2.02. The number of carboxylic acid groups (broad SMARTS) is 1. The van der Waals surface area contributed by atoms with Crippen molar-refractivity contribution in [1.29, 1.82) is 0 Å². The lowest BCUT2D eigenvalue weighted by molar-refractivity contribution is -0.129. The van der Waals surface area contributed by atoms with Crippen molar-refractivity contribution in [2.24, 2.45) is 5.10 Å². The molecule has 5 nitrogen and oxygen atoms in total. The summed E-state index contributed by atoms with van der Waals surface area (Å²) in [5.74, 6) is -1.16. The van der Waals surface area contributed by atoms with Gasteiger partial charge in [0.05, 0.1) is 0 Å². The highest BCUT2D eigenvalue weighted by Crippen LogP contribution is 2.00. The highest BCUT2D eigenvalue weighted by atomic mass is 32.1. The van der Waals surface area contributed by atoms with Crippen molar-refractivity contribution in [2.75, 3.05) is 0 Å². The number of hydrogen-bond donors (Lipinski definition) is 4. The van der Waals surface area contributed by atoms with E-state index in [1.807, 2.05) is 0 Å². The monoisotopic (exact) mass is 178 g/mol. The first-order valence-corrected chi connectivity index (χ1v) is 3.46. The number of thiol groups is 1. The fourth-order valence-corrected chi connectivity index (χ4v) is 0.694. The molecule has 0 aliphatic heterocycles. The fourth-order valence-electron chi connectivity index (χ4n) is 0.521. The van der Waals surface area contributed by atoms with Gasteiger partial charge in [-0.3, -0.25) is 5.21 Å². The highest BCUT2D eigenvalue weighted by molar-refractivity contribution is 7.80. The summed E-state index contributed by atoms with van der Waals surface area (Å²) in [6, 6.07) is 0. The van der Waals surface area contributed by atoms with E-state index in [2.05, 4.69) is 17.7 Å². The van der Waals surface area contributed by atoms with Gasteiger partial charge in [-0.05, 0) is 0 Å². The topological polar surface area (TPSA) is 81.9 Å². The number of carboxylic acids is 1. The van der Waals surface area contributed by atoms with Gasteiger partial charge in [-0.2, -0.15) is 23.3 Å². The quantitative estimate of drug-likeness (QED) is 0.280. The van der Waals surface area contributed by atoms with E-state index in [9.17, 15) is 4.79 Å². The molecule has 0 aromatic carbocycles. The Labute approximate surface area is 69.5 Å². The van der Waals surface area contributed by atoms with Crippen molar-refractivity contribution in [3.63, 3.8) is 0 Å². The number of rotatable bonds is 4. The Kier molecular flexibility index (Phi) is 4.64. The SMILES string of the molecule is CC(S)CC(=NNO)C(=O)O. The molecule has 0 rings (SSSR count). The zero-order valence-electron chi connectivity index (χ0n) is 5.98. The van der Waals surface area contributed by atoms with Crippen molar-refractivity contribution in [2.45, 2.75) is 18.6 Å². The van der Waals surface area contributed by atoms with E-state index in [1.54, 1.807) is 6.92 Å². The molecule has 0 amide bonds. The second kappa shape index (κ2) is 4.97. The minimum atomic E-state index is -1.16. The zero-order chi connectivity index (χ0) is 8.85. The summed E-state index contributed by atoms with van der Waals surface area (Å²) in [6.45, 7) is 1.74. The largest absolute Gasteiger partial charge is 0.477 e. The van der Waals surface area contributed by atoms with Crippen LogP contribution in [-0.4, -0.2) is 27.2 Å². The number of hydrazone groups is 1. The van der Waals surface area contributed by atoms with Crippen LogP contribution in [0, 0.1) is 0 Å². The Bertz CT molecular complexity index is 169. The standard InChI is InChI=1S/C5H10N2O3S/c1-3(11)2-4(5(8)9)6-7-10/h3,7,10-11H,2H2,1H3,(H,8,9). The van der Waals surface area contributed by atoms with Gasteiger partial charge in [-0.15, -0.1) is 0 Å². The summed E-state index contributed by atoms with van der Waals surface area (Å²) in [6.07, 6.45) is 0.200. The minimum Gasteiger partial charge on any atom is -0.477 e. The van der Waals surface area contributed by atoms with Crippen molar-refractivity contribution in [1.82, 2.24) is 5.59 Å². The molecule has 0 spiro atoms. The predicted octanol–water partition coefficient (Wildman–Crippen LogP) is 0.114. The molecule has 0 bridgehead atoms. The van der Waals surface area contributed by atoms with Gasteiger partial charge in [-0.25, -0.2) is 4.79 Å². The van der Waals surface area contributed by atoms with E-state index < -0.39 is 5.97 Å². The molecule has 0 saturated heterocycles. The lowest BCUT2D eigenvalue weighted by Crippen LogP contribution is -2.19. The maximum atomic E-state index is 10.3. The molecule has 0 fully saturated rings. The minimum absolute atomic E-state index is 0.0989. The molecule has 3 N–H and O–H groups in total. The van der Waals surface area contributed by atoms with Crippen molar-refractivity contribution < 1.29 is 15.1 Å². The third-order valence-corrected chi connectivity index (χ3v) is 1.10. The van der Waals surface area contributed by atoms with Gasteiger partial charge in [0.15, 0.2) is 0 Å². The third kappa shape index (κ3) is 4.63. The normalized spacial score (nSPS) is 14.3. The first-order chi connectivity index (χ1) is 5.07. The molecule has 64 valence electrons. The zero-order valence-corrected chi connectivity index (χ0v) is 6.88. The van der Waals surface area contributed by atoms with Gasteiger partial charge < -0.3 is 5.11 Å². The second-order valence-corrected chi connectivity index (χ2v) is 2.90. The first kappa shape index (κ1) is 10.2. The fraction of sp³-hybridized carbons (Fsp3) is 0.600. The van der Waals surface area contributed by atoms with Crippen LogP contribution in [0.2, 0.25) is 0 Å². The smallest absolute Gasteiger partial charge is 0.352 e. The van der Waals surface area contributed by atoms with Crippen LogP contribution in [-0.2, 0) is 4.79 Å². The van der Waals surface area contributed by atoms with Gasteiger partial charge >= 0.3 is 5.97 Å². The number of nitrogens with one attached hydrogen (secondary N) is 1. The molecule has 11 heavy (non-hydrogen) atoms. The maximum Gasteiger partial charge on any atom is 0.352 e. The van der Waals surface area contributed by atoms with Gasteiger partial charge in [0.1, 0.15) is 5.71 Å². The van der Waals surface area contributed by atoms with E-state index in [0.717, 1.165) is 0 Å². The Morgan fingerprint density at radius 3 is 2.64 bits per heavy atom. The van der Waals surface area contributed by atoms with Gasteiger partial charge in [0.25, 0.3) is 0 Å². The highest BCUT2D eigenvalue weighted by Gasteiger charge is 2.11. The summed E-state index contributed by atoms with van der Waals surface area (Å²) in [4.78, 5) is 10.3. The van der Waals surface area contributed by atoms with Crippen molar-refractivity contribution in [3.8, 4) is 0 Å². The molecule has 1 unspecified atom stereocenters. The predicted molar refractivity (Wildman–Crippen MR) is 43.1 cm³/mol. The van der Waals surface area contributed by atoms with Crippen LogP contribution >= 0.6 is 12.6 Å². The molecule has 0 saturated carbocycles. The summed E-state index contributed by atoms with van der Waals surface area (Å²) in [7, 11) is 0. The Morgan fingerprint density at radius 2 is 2.36 bits per heavy atom. The van der Waals surface area contributed by atoms with E-state index >= 15 is 0 Å². The van der Waals surface area contributed by atoms with Crippen molar-refractivity contribution >= 4 is 24.3 Å². The molecule has 0 aromatic heterocycles. The van der Waals surface area contributed by atoms with Crippen LogP contribution in [0.5, 0.6) is 0 Å². The average Bonchev–Trinajstić information content (AvgIpc) is 1.86. The molecule has 6 heteroatoms. The van der Waals surface area contributed by atoms with E-state index in [0.29, 0.717) is 0 Å². The Morgan fingerprint density at radius 1 is 1.82 bits per heavy atom. The van der Waals surface area contributed by atoms with E-state index in [1.165, 1.54) is 5.59 Å². The summed E-state index contributed by atoms with van der Waals surface area (Å²) < 4.78 is 0. The van der Waals surface area contributed by atoms with Gasteiger partial charge in [-0.1, -0.05) is 6.92 Å². The van der Waals surface area contributed by atoms with Crippen LogP contribution in [0.25, 0.3) is 0 Å². The molecule has 0 aliphatic carbocycles. The summed E-state index contributed by atoms with van der Waals surface area (Å²) in [5.41, 5.74) is 1.28. The number of carbonyl (C=O) groups is 1. The van der Waals surface area contributed by atoms with E-state index in [4.69, 9.17) is 10.3 Å². The Hall–Kier alpha value is -0.750. The van der Waals surface area contributed by atoms with Crippen LogP contribution in [0.3, 0.4) is 0 Å². The summed E-state index contributed by atoms with van der Waals surface area (Å²) >= 11 is 3.97. The van der Waals surface area contributed by atoms with Crippen molar-refractivity contribution in [3.05, 3.63) is 0 Å². The van der Waals surface area contributed by atoms with Crippen LogP contribution < -0.4 is 5.59 Å². The molecule has 0 radical (unpaired) electrons. The lowest BCUT2D eigenvalue weighted by Gasteiger charge is -2.02. The molecule has 0 aliphatic rings. The van der Waals surface area contributed by atoms with Crippen LogP contribution in [0.1, 0.15) is 13.3 Å². The van der Waals surface area contributed by atoms with Gasteiger partial charge in [0.2, 0.25) is 0 Å². The third-order valence-electron chi connectivity index (χ3n) is 0.921. The Balaban J connectivity index is 4.12. The number of aliphatic carboxylic acids is 1. The number of nitrogens with zero attached hydrogens (tertiary/aromatic N) is 1. The molecule has 0 heterocycles. The molecular formula is C5H10N2O3S. The molecule has 1 atom stereocenters. The summed E-state index contributed by atoms with van der Waals surface area (Å²) in [5, 5.41) is 19.5. The molecule has 0 aromatic rings. The molecular weight excluding hydrogens is 168 g/mol. The van der Waals surface area contributed by atoms with E-state index in [-0.39, 0.29) is 17.4 Å². The maximum absolute atomic E-state index is 10.3. The van der Waals surface area contributed by atoms with Gasteiger partial charge in [0, 0.05) is 11.7 Å². The first-order valence-electron chi connectivity index (χ1n) is 2.95. The van der Waals surface area contributed by atoms with Crippen LogP contribution in [0.15, 0.2) is 5.10 Å². The average molecular weight is 178 g/mol. The number of hydrogen-bond acceptors (Lipinski definition) is 5. The lowest BCUT2D eigenvalue weighted by atomic mass is 10.2.